The summed E-state index contributed by atoms with van der Waals surface area (Å²) in [6, 6.07) is 4.89. The smallest absolute Gasteiger partial charge is 0.477 e. The standard InChI is InChI=1S/C24H21FN6O6S2.C2HF3O2/c25-14-3-1-2-11(6-14)8-30-5-4-12(20(30)33)7-13-9-38-22-17(21(34)31(22)18(13)23(35)36)28-19(32)16(29-37)15-10-39-24(26)27-15;3-2(4,5)1(6)7/h1-3,6-7,10,17,22,37H,4-5,8-9H2,(H2,26,27)(H,28,32)(H,35,36);(H,6,7)/b12-7+,29-16-;/t17-,22-;/m1./s1. The number of carbonyl (C=O) groups excluding carboxylic acids is 3. The van der Waals surface area contributed by atoms with Crippen LogP contribution in [0.4, 0.5) is 22.7 Å². The van der Waals surface area contributed by atoms with Gasteiger partial charge in [-0.15, -0.1) is 23.1 Å². The van der Waals surface area contributed by atoms with Gasteiger partial charge in [0.15, 0.2) is 10.8 Å². The molecule has 6 N–H and O–H groups in total. The van der Waals surface area contributed by atoms with E-state index in [1.165, 1.54) is 35.4 Å². The van der Waals surface area contributed by atoms with Gasteiger partial charge in [0, 0.05) is 29.8 Å². The number of nitrogen functional groups attached to an aromatic ring is 1. The Morgan fingerprint density at radius 2 is 1.91 bits per heavy atom. The number of benzene rings is 1. The molecule has 2 fully saturated rings. The highest BCUT2D eigenvalue weighted by Crippen LogP contribution is 2.41. The van der Waals surface area contributed by atoms with Crippen molar-refractivity contribution in [2.75, 3.05) is 18.0 Å². The minimum Gasteiger partial charge on any atom is -0.477 e. The zero-order valence-electron chi connectivity index (χ0n) is 23.0. The van der Waals surface area contributed by atoms with Crippen molar-refractivity contribution in [3.05, 3.63) is 69.6 Å². The second-order valence-electron chi connectivity index (χ2n) is 9.64. The molecule has 0 aliphatic carbocycles. The summed E-state index contributed by atoms with van der Waals surface area (Å²) in [6.07, 6.45) is -3.21. The average Bonchev–Trinajstić information content (AvgIpc) is 3.56. The highest BCUT2D eigenvalue weighted by Gasteiger charge is 2.54. The number of aliphatic carboxylic acids is 2. The Labute approximate surface area is 263 Å². The highest BCUT2D eigenvalue weighted by molar-refractivity contribution is 8.00. The molecule has 3 aliphatic rings. The van der Waals surface area contributed by atoms with Gasteiger partial charge >= 0.3 is 18.1 Å². The molecule has 3 aliphatic heterocycles. The van der Waals surface area contributed by atoms with Gasteiger partial charge in [0.05, 0.1) is 0 Å². The van der Waals surface area contributed by atoms with E-state index in [-0.39, 0.29) is 34.7 Å². The van der Waals surface area contributed by atoms with Gasteiger partial charge in [-0.3, -0.25) is 19.3 Å². The maximum absolute atomic E-state index is 13.5. The molecule has 1 aromatic carbocycles. The van der Waals surface area contributed by atoms with Crippen molar-refractivity contribution in [3.8, 4) is 0 Å². The lowest BCUT2D eigenvalue weighted by molar-refractivity contribution is -0.192. The first-order valence-electron chi connectivity index (χ1n) is 12.8. The zero-order valence-corrected chi connectivity index (χ0v) is 24.7. The number of β-lactam (4-membered cyclic amide) rings is 1. The van der Waals surface area contributed by atoms with Crippen molar-refractivity contribution in [2.24, 2.45) is 5.16 Å². The number of thiazole rings is 1. The first-order valence-corrected chi connectivity index (χ1v) is 14.7. The third-order valence-electron chi connectivity index (χ3n) is 6.63. The van der Waals surface area contributed by atoms with Crippen LogP contribution in [0, 0.1) is 5.82 Å². The molecule has 14 nitrogen and oxygen atoms in total. The van der Waals surface area contributed by atoms with E-state index in [4.69, 9.17) is 15.6 Å². The third kappa shape index (κ3) is 7.28. The number of oxime groups is 1. The molecule has 46 heavy (non-hydrogen) atoms. The lowest BCUT2D eigenvalue weighted by Crippen LogP contribution is -2.71. The SMILES string of the molecule is Nc1nc(/C(=N/O)C(=O)N[C@@H]2C(=O)N3C(C(=O)O)=C(/C=C4\CCN(Cc5cccc(F)c5)C4=O)CS[C@H]23)cs1.O=C(O)C(F)(F)F. The number of nitrogens with two attached hydrogens (primary N) is 1. The summed E-state index contributed by atoms with van der Waals surface area (Å²) in [5.41, 5.74) is 6.23. The van der Waals surface area contributed by atoms with E-state index in [1.807, 2.05) is 0 Å². The van der Waals surface area contributed by atoms with Crippen LogP contribution in [0.15, 0.2) is 57.7 Å². The number of nitrogens with zero attached hydrogens (tertiary/aromatic N) is 4. The number of carbonyl (C=O) groups is 5. The molecule has 244 valence electrons. The Morgan fingerprint density at radius 1 is 1.22 bits per heavy atom. The summed E-state index contributed by atoms with van der Waals surface area (Å²) in [6.45, 7) is 0.608. The van der Waals surface area contributed by atoms with Crippen LogP contribution in [0.3, 0.4) is 0 Å². The van der Waals surface area contributed by atoms with Crippen molar-refractivity contribution in [3.63, 3.8) is 0 Å². The number of hydrogen-bond donors (Lipinski definition) is 5. The van der Waals surface area contributed by atoms with Crippen LogP contribution in [0.25, 0.3) is 0 Å². The van der Waals surface area contributed by atoms with E-state index in [9.17, 15) is 47.1 Å². The number of halogens is 4. The fraction of sp³-hybridized carbons (Fsp3) is 0.269. The topological polar surface area (TPSA) is 216 Å². The number of alkyl halides is 3. The molecule has 2 aromatic rings. The largest absolute Gasteiger partial charge is 0.490 e. The summed E-state index contributed by atoms with van der Waals surface area (Å²) < 4.78 is 45.3. The van der Waals surface area contributed by atoms with E-state index in [1.54, 1.807) is 17.0 Å². The number of likely N-dealkylation sites (tertiary alicyclic amines) is 1. The van der Waals surface area contributed by atoms with Gasteiger partial charge in [-0.1, -0.05) is 17.3 Å². The molecular weight excluding hydrogens is 664 g/mol. The molecule has 0 unspecified atom stereocenters. The first kappa shape index (κ1) is 33.9. The van der Waals surface area contributed by atoms with Gasteiger partial charge in [-0.25, -0.2) is 19.0 Å². The van der Waals surface area contributed by atoms with Crippen molar-refractivity contribution in [2.45, 2.75) is 30.6 Å². The lowest BCUT2D eigenvalue weighted by Gasteiger charge is -2.49. The van der Waals surface area contributed by atoms with Crippen molar-refractivity contribution < 1.29 is 57.0 Å². The van der Waals surface area contributed by atoms with Crippen LogP contribution in [-0.2, 0) is 30.5 Å². The molecule has 2 saturated heterocycles. The number of carboxylic acid groups (broad SMARTS) is 2. The Kier molecular flexibility index (Phi) is 10.00. The predicted molar refractivity (Wildman–Crippen MR) is 153 cm³/mol. The number of thioether (sulfide) groups is 1. The van der Waals surface area contributed by atoms with E-state index >= 15 is 0 Å². The predicted octanol–water partition coefficient (Wildman–Crippen LogP) is 1.77. The van der Waals surface area contributed by atoms with E-state index in [2.05, 4.69) is 15.5 Å². The highest BCUT2D eigenvalue weighted by atomic mass is 32.2. The molecule has 0 radical (unpaired) electrons. The molecule has 0 bridgehead atoms. The fourth-order valence-electron chi connectivity index (χ4n) is 4.59. The number of fused-ring (bicyclic) bond motifs is 1. The summed E-state index contributed by atoms with van der Waals surface area (Å²) >= 11 is 2.26. The van der Waals surface area contributed by atoms with Gasteiger partial charge in [-0.05, 0) is 35.8 Å². The maximum Gasteiger partial charge on any atom is 0.490 e. The third-order valence-corrected chi connectivity index (χ3v) is 8.61. The van der Waals surface area contributed by atoms with Crippen LogP contribution < -0.4 is 11.1 Å². The van der Waals surface area contributed by atoms with Gasteiger partial charge in [0.25, 0.3) is 11.8 Å². The normalized spacial score (nSPS) is 20.6. The monoisotopic (exact) mass is 686 g/mol. The van der Waals surface area contributed by atoms with Crippen LogP contribution in [0.5, 0.6) is 0 Å². The van der Waals surface area contributed by atoms with Crippen molar-refractivity contribution >= 4 is 63.6 Å². The van der Waals surface area contributed by atoms with Gasteiger partial charge in [-0.2, -0.15) is 13.2 Å². The molecule has 5 rings (SSSR count). The number of rotatable bonds is 7. The molecule has 1 aromatic heterocycles. The second kappa shape index (κ2) is 13.6. The van der Waals surface area contributed by atoms with Crippen LogP contribution in [-0.4, -0.2) is 95.5 Å². The number of allylic oxidation sites excluding steroid dienone is 1. The molecule has 0 spiro atoms. The molecule has 2 atom stereocenters. The number of hydrogen-bond acceptors (Lipinski definition) is 11. The summed E-state index contributed by atoms with van der Waals surface area (Å²) in [7, 11) is 0. The number of aromatic nitrogens is 1. The summed E-state index contributed by atoms with van der Waals surface area (Å²) in [5, 5.41) is 32.6. The number of carboxylic acids is 2. The fourth-order valence-corrected chi connectivity index (χ4v) is 6.44. The lowest BCUT2D eigenvalue weighted by atomic mass is 10.0. The van der Waals surface area contributed by atoms with Crippen molar-refractivity contribution in [1.29, 1.82) is 0 Å². The van der Waals surface area contributed by atoms with E-state index in [0.717, 1.165) is 16.2 Å². The molecule has 4 heterocycles. The molecular formula is C26H22F4N6O8S2. The Bertz CT molecular complexity index is 1690. The van der Waals surface area contributed by atoms with Crippen LogP contribution >= 0.6 is 23.1 Å². The number of nitrogens with one attached hydrogen (secondary N) is 1. The van der Waals surface area contributed by atoms with Gasteiger partial charge in [0.1, 0.15) is 28.6 Å². The Hall–Kier alpha value is -4.98. The molecule has 3 amide bonds. The summed E-state index contributed by atoms with van der Waals surface area (Å²) in [5.74, 6) is -6.15. The minimum absolute atomic E-state index is 0.0325. The van der Waals surface area contributed by atoms with Crippen LogP contribution in [0.2, 0.25) is 0 Å². The number of anilines is 1. The average molecular weight is 687 g/mol. The first-order chi connectivity index (χ1) is 21.6. The van der Waals surface area contributed by atoms with Gasteiger partial charge < -0.3 is 31.4 Å². The van der Waals surface area contributed by atoms with Crippen LogP contribution in [0.1, 0.15) is 17.7 Å². The molecule has 20 heteroatoms. The Balaban J connectivity index is 0.000000617. The Morgan fingerprint density at radius 3 is 2.48 bits per heavy atom. The number of amides is 3. The molecule has 0 saturated carbocycles. The van der Waals surface area contributed by atoms with E-state index in [0.29, 0.717) is 29.7 Å². The van der Waals surface area contributed by atoms with Gasteiger partial charge in [0.2, 0.25) is 5.91 Å². The zero-order chi connectivity index (χ0) is 33.9. The van der Waals surface area contributed by atoms with Crippen molar-refractivity contribution in [1.82, 2.24) is 20.1 Å². The van der Waals surface area contributed by atoms with E-state index < -0.39 is 52.9 Å². The minimum atomic E-state index is -5.08. The quantitative estimate of drug-likeness (QED) is 0.0707. The maximum atomic E-state index is 13.5. The summed E-state index contributed by atoms with van der Waals surface area (Å²) in [4.78, 5) is 66.2. The second-order valence-corrected chi connectivity index (χ2v) is 11.6.